The molecule has 1 aliphatic heterocycles. The molecule has 0 spiro atoms. The van der Waals surface area contributed by atoms with Gasteiger partial charge in [-0.25, -0.2) is 8.78 Å². The van der Waals surface area contributed by atoms with E-state index in [2.05, 4.69) is 5.32 Å². The van der Waals surface area contributed by atoms with E-state index in [-0.39, 0.29) is 24.1 Å². The Hall–Kier alpha value is -1.74. The number of nitrogens with zero attached hydrogens (tertiary/aromatic N) is 1. The molecule has 2 aliphatic rings. The van der Waals surface area contributed by atoms with Crippen LogP contribution in [0, 0.1) is 5.82 Å². The van der Waals surface area contributed by atoms with Crippen LogP contribution in [0.15, 0.2) is 12.1 Å². The van der Waals surface area contributed by atoms with Crippen molar-refractivity contribution in [3.63, 3.8) is 0 Å². The zero-order valence-corrected chi connectivity index (χ0v) is 11.3. The van der Waals surface area contributed by atoms with Gasteiger partial charge in [0.1, 0.15) is 5.82 Å². The highest BCUT2D eigenvalue weighted by Gasteiger charge is 2.74. The topological polar surface area (TPSA) is 15.3 Å². The molecule has 1 aliphatic carbocycles. The molecule has 1 aromatic rings. The molecular weight excluding hydrogens is 336 g/mol. The Balaban J connectivity index is 2.17. The van der Waals surface area contributed by atoms with Crippen LogP contribution in [-0.4, -0.2) is 25.1 Å². The summed E-state index contributed by atoms with van der Waals surface area (Å²) in [4.78, 5) is 1.51. The number of alkyl halides is 7. The smallest absolute Gasteiger partial charge is 0.366 e. The van der Waals surface area contributed by atoms with Crippen molar-refractivity contribution in [2.75, 3.05) is 16.9 Å². The Kier molecular flexibility index (Phi) is 3.25. The molecule has 10 heteroatoms. The SMILES string of the molecule is Fc1cc2c(cc1C(F)(C(F)(F)F)C(F)(F)F)N(C1CC1)CN2. The molecule has 0 radical (unpaired) electrons. The fourth-order valence-corrected chi connectivity index (χ4v) is 2.64. The van der Waals surface area contributed by atoms with E-state index in [1.807, 2.05) is 0 Å². The Bertz CT molecular complexity index is 618. The summed E-state index contributed by atoms with van der Waals surface area (Å²) in [5.41, 5.74) is -7.84. The number of nitrogens with one attached hydrogen (secondary N) is 1. The molecule has 23 heavy (non-hydrogen) atoms. The van der Waals surface area contributed by atoms with Gasteiger partial charge < -0.3 is 10.2 Å². The number of hydrogen-bond acceptors (Lipinski definition) is 2. The summed E-state index contributed by atoms with van der Waals surface area (Å²) in [5.74, 6) is -1.90. The first-order valence-electron chi connectivity index (χ1n) is 6.63. The average Bonchev–Trinajstić information content (AvgIpc) is 3.16. The van der Waals surface area contributed by atoms with E-state index in [1.165, 1.54) is 4.90 Å². The predicted octanol–water partition coefficient (Wildman–Crippen LogP) is 4.47. The largest absolute Gasteiger partial charge is 0.436 e. The average molecular weight is 346 g/mol. The van der Waals surface area contributed by atoms with Crippen molar-refractivity contribution in [2.24, 2.45) is 0 Å². The third kappa shape index (κ3) is 2.29. The molecule has 1 saturated carbocycles. The highest BCUT2D eigenvalue weighted by molar-refractivity contribution is 5.77. The first-order chi connectivity index (χ1) is 10.5. The molecule has 1 N–H and O–H groups in total. The molecule has 3 rings (SSSR count). The minimum atomic E-state index is -6.34. The second kappa shape index (κ2) is 4.64. The number of fused-ring (bicyclic) bond motifs is 1. The van der Waals surface area contributed by atoms with Gasteiger partial charge in [0.2, 0.25) is 0 Å². The molecule has 1 aromatic carbocycles. The number of hydrogen-bond donors (Lipinski definition) is 1. The van der Waals surface area contributed by atoms with Gasteiger partial charge in [0.05, 0.1) is 18.0 Å². The lowest BCUT2D eigenvalue weighted by molar-refractivity contribution is -0.349. The van der Waals surface area contributed by atoms with Gasteiger partial charge in [0, 0.05) is 11.6 Å². The molecule has 0 unspecified atom stereocenters. The first-order valence-corrected chi connectivity index (χ1v) is 6.63. The lowest BCUT2D eigenvalue weighted by Gasteiger charge is -2.31. The number of rotatable bonds is 2. The molecule has 0 atom stereocenters. The Labute approximate surface area is 125 Å². The van der Waals surface area contributed by atoms with Crippen molar-refractivity contribution in [1.82, 2.24) is 0 Å². The molecular formula is C13H10F8N2. The molecule has 1 fully saturated rings. The fraction of sp³-hybridized carbons (Fsp3) is 0.538. The van der Waals surface area contributed by atoms with E-state index in [0.29, 0.717) is 25.0 Å². The first kappa shape index (κ1) is 16.1. The lowest BCUT2D eigenvalue weighted by atomic mass is 9.92. The Morgan fingerprint density at radius 1 is 0.957 bits per heavy atom. The summed E-state index contributed by atoms with van der Waals surface area (Å²) < 4.78 is 105. The van der Waals surface area contributed by atoms with Crippen molar-refractivity contribution >= 4 is 11.4 Å². The maximum Gasteiger partial charge on any atom is 0.436 e. The van der Waals surface area contributed by atoms with Crippen molar-refractivity contribution in [1.29, 1.82) is 0 Å². The maximum absolute atomic E-state index is 14.1. The van der Waals surface area contributed by atoms with Crippen LogP contribution in [0.5, 0.6) is 0 Å². The predicted molar refractivity (Wildman–Crippen MR) is 65.3 cm³/mol. The summed E-state index contributed by atoms with van der Waals surface area (Å²) in [6.07, 6.45) is -11.2. The third-order valence-electron chi connectivity index (χ3n) is 3.97. The molecule has 2 nitrogen and oxygen atoms in total. The maximum atomic E-state index is 14.1. The summed E-state index contributed by atoms with van der Waals surface area (Å²) in [7, 11) is 0. The standard InChI is InChI=1S/C13H10F8N2/c14-8-4-9-10(23(5-22-9)6-1-2-6)3-7(8)11(15,12(16,17)18)13(19,20)21/h3-4,6,22H,1-2,5H2. The van der Waals surface area contributed by atoms with Crippen LogP contribution >= 0.6 is 0 Å². The van der Waals surface area contributed by atoms with Crippen LogP contribution in [-0.2, 0) is 5.67 Å². The van der Waals surface area contributed by atoms with E-state index < -0.39 is 29.4 Å². The van der Waals surface area contributed by atoms with E-state index in [9.17, 15) is 35.1 Å². The molecule has 1 heterocycles. The number of anilines is 2. The van der Waals surface area contributed by atoms with Crippen molar-refractivity contribution in [2.45, 2.75) is 36.9 Å². The molecule has 128 valence electrons. The van der Waals surface area contributed by atoms with Crippen LogP contribution < -0.4 is 10.2 Å². The normalized spacial score (nSPS) is 18.9. The monoisotopic (exact) mass is 346 g/mol. The van der Waals surface area contributed by atoms with Gasteiger partial charge in [0.25, 0.3) is 0 Å². The van der Waals surface area contributed by atoms with Gasteiger partial charge in [-0.15, -0.1) is 0 Å². The zero-order valence-electron chi connectivity index (χ0n) is 11.3. The van der Waals surface area contributed by atoms with Gasteiger partial charge in [-0.05, 0) is 25.0 Å². The molecule has 0 aromatic heterocycles. The van der Waals surface area contributed by atoms with Gasteiger partial charge in [-0.3, -0.25) is 0 Å². The number of benzene rings is 1. The van der Waals surface area contributed by atoms with Gasteiger partial charge in [0.15, 0.2) is 0 Å². The molecule has 0 amide bonds. The Morgan fingerprint density at radius 2 is 1.52 bits per heavy atom. The number of halogens is 8. The Morgan fingerprint density at radius 3 is 2.00 bits per heavy atom. The lowest BCUT2D eigenvalue weighted by Crippen LogP contribution is -2.51. The highest BCUT2D eigenvalue weighted by Crippen LogP contribution is 2.55. The summed E-state index contributed by atoms with van der Waals surface area (Å²) in [5, 5.41) is 2.67. The minimum absolute atomic E-state index is 0.0462. The fourth-order valence-electron chi connectivity index (χ4n) is 2.64. The van der Waals surface area contributed by atoms with Crippen molar-refractivity contribution in [3.8, 4) is 0 Å². The second-order valence-corrected chi connectivity index (χ2v) is 5.54. The van der Waals surface area contributed by atoms with E-state index in [1.54, 1.807) is 0 Å². The summed E-state index contributed by atoms with van der Waals surface area (Å²) in [6.45, 7) is 0.125. The third-order valence-corrected chi connectivity index (χ3v) is 3.97. The van der Waals surface area contributed by atoms with Crippen LogP contribution in [0.3, 0.4) is 0 Å². The van der Waals surface area contributed by atoms with E-state index in [0.717, 1.165) is 0 Å². The highest BCUT2D eigenvalue weighted by atomic mass is 19.4. The van der Waals surface area contributed by atoms with Crippen LogP contribution in [0.1, 0.15) is 18.4 Å². The molecule has 0 bridgehead atoms. The quantitative estimate of drug-likeness (QED) is 0.795. The van der Waals surface area contributed by atoms with Gasteiger partial charge >= 0.3 is 18.0 Å². The van der Waals surface area contributed by atoms with Gasteiger partial charge in [-0.1, -0.05) is 0 Å². The van der Waals surface area contributed by atoms with E-state index >= 15 is 0 Å². The minimum Gasteiger partial charge on any atom is -0.366 e. The van der Waals surface area contributed by atoms with Crippen molar-refractivity contribution < 1.29 is 35.1 Å². The summed E-state index contributed by atoms with van der Waals surface area (Å²) in [6, 6.07) is 0.732. The second-order valence-electron chi connectivity index (χ2n) is 5.54. The van der Waals surface area contributed by atoms with E-state index in [4.69, 9.17) is 0 Å². The van der Waals surface area contributed by atoms with Crippen LogP contribution in [0.25, 0.3) is 0 Å². The van der Waals surface area contributed by atoms with Gasteiger partial charge in [-0.2, -0.15) is 26.3 Å². The van der Waals surface area contributed by atoms with Crippen LogP contribution in [0.2, 0.25) is 0 Å². The zero-order chi connectivity index (χ0) is 17.2. The van der Waals surface area contributed by atoms with Crippen LogP contribution in [0.4, 0.5) is 46.5 Å². The molecule has 0 saturated heterocycles. The van der Waals surface area contributed by atoms with Crippen molar-refractivity contribution in [3.05, 3.63) is 23.5 Å². The summed E-state index contributed by atoms with van der Waals surface area (Å²) >= 11 is 0.